The zero-order valence-corrected chi connectivity index (χ0v) is 20.9. The second kappa shape index (κ2) is 9.83. The molecule has 4 rings (SSSR count). The van der Waals surface area contributed by atoms with E-state index < -0.39 is 29.4 Å². The van der Waals surface area contributed by atoms with Crippen molar-refractivity contribution in [2.24, 2.45) is 10.9 Å². The van der Waals surface area contributed by atoms with Gasteiger partial charge in [-0.1, -0.05) is 29.4 Å². The molecule has 2 aliphatic rings. The number of amides is 1. The van der Waals surface area contributed by atoms with E-state index in [4.69, 9.17) is 16.3 Å². The van der Waals surface area contributed by atoms with Crippen LogP contribution in [0.1, 0.15) is 50.1 Å². The molecule has 180 valence electrons. The number of hydrogen-bond donors (Lipinski definition) is 0. The Kier molecular flexibility index (Phi) is 7.21. The van der Waals surface area contributed by atoms with Gasteiger partial charge in [-0.2, -0.15) is 4.31 Å². The highest BCUT2D eigenvalue weighted by Crippen LogP contribution is 2.56. The Bertz CT molecular complexity index is 1160. The van der Waals surface area contributed by atoms with Gasteiger partial charge in [-0.15, -0.1) is 3.89 Å². The van der Waals surface area contributed by atoms with E-state index >= 15 is 0 Å². The quantitative estimate of drug-likeness (QED) is 0.382. The summed E-state index contributed by atoms with van der Waals surface area (Å²) in [5, 5.41) is 0.570. The molecule has 0 saturated heterocycles. The summed E-state index contributed by atoms with van der Waals surface area (Å²) in [6.45, 7) is 5.03. The number of ether oxygens (including phenoxy) is 1. The van der Waals surface area contributed by atoms with E-state index in [1.807, 2.05) is 0 Å². The zero-order valence-electron chi connectivity index (χ0n) is 18.5. The van der Waals surface area contributed by atoms with Gasteiger partial charge < -0.3 is 4.74 Å². The van der Waals surface area contributed by atoms with Gasteiger partial charge in [0.2, 0.25) is 0 Å². The molecule has 5 nitrogen and oxygen atoms in total. The first-order valence-electron chi connectivity index (χ1n) is 10.4. The Morgan fingerprint density at radius 3 is 2.74 bits per heavy atom. The molecule has 3 atom stereocenters. The van der Waals surface area contributed by atoms with Crippen molar-refractivity contribution < 1.29 is 22.2 Å². The number of benzene rings is 1. The van der Waals surface area contributed by atoms with E-state index in [-0.39, 0.29) is 39.9 Å². The van der Waals surface area contributed by atoms with E-state index in [1.54, 1.807) is 20.8 Å². The molecule has 1 aromatic heterocycles. The van der Waals surface area contributed by atoms with Crippen molar-refractivity contribution in [3.8, 4) is 0 Å². The standard InChI is InChI=1S/C23H21ClF3N3O2S2/c1-23(2,3)32-22(31)30(34-27)21-29-20(15-10-19(15)33-21)14-8-12(4-6-16(14)25)9-17(26)18-7-5-13(24)11-28-18/h4-9,11,15,19-20H,10H2,1-3H3/b17-9-. The highest BCUT2D eigenvalue weighted by atomic mass is 35.5. The fraction of sp³-hybridized carbons (Fsp3) is 0.348. The van der Waals surface area contributed by atoms with E-state index in [1.165, 1.54) is 54.4 Å². The SMILES string of the molecule is CC(C)(C)OC(=O)N(SF)C1=NC(c2cc(/C=C(\F)c3ccc(Cl)cn3)ccc2F)C2CC2S1. The smallest absolute Gasteiger partial charge is 0.428 e. The van der Waals surface area contributed by atoms with Crippen LogP contribution in [0.2, 0.25) is 5.02 Å². The lowest BCUT2D eigenvalue weighted by Crippen LogP contribution is -2.36. The third-order valence-corrected chi connectivity index (χ3v) is 7.24. The van der Waals surface area contributed by atoms with Gasteiger partial charge in [-0.3, -0.25) is 9.98 Å². The van der Waals surface area contributed by atoms with Crippen LogP contribution in [0.4, 0.5) is 17.5 Å². The number of nitrogens with zero attached hydrogens (tertiary/aromatic N) is 3. The van der Waals surface area contributed by atoms with Crippen LogP contribution in [0.15, 0.2) is 41.5 Å². The molecule has 11 heteroatoms. The van der Waals surface area contributed by atoms with Crippen molar-refractivity contribution in [1.82, 2.24) is 9.29 Å². The molecule has 0 radical (unpaired) electrons. The average Bonchev–Trinajstić information content (AvgIpc) is 3.54. The van der Waals surface area contributed by atoms with Gasteiger partial charge >= 0.3 is 6.09 Å². The number of fused-ring (bicyclic) bond motifs is 1. The first kappa shape index (κ1) is 24.9. The van der Waals surface area contributed by atoms with Crippen molar-refractivity contribution in [2.75, 3.05) is 0 Å². The fourth-order valence-corrected chi connectivity index (χ4v) is 5.28. The predicted molar refractivity (Wildman–Crippen MR) is 131 cm³/mol. The van der Waals surface area contributed by atoms with Gasteiger partial charge in [0.15, 0.2) is 17.5 Å². The molecule has 34 heavy (non-hydrogen) atoms. The highest BCUT2D eigenvalue weighted by molar-refractivity contribution is 8.15. The number of pyridine rings is 1. The summed E-state index contributed by atoms with van der Waals surface area (Å²) >= 11 is 6.76. The molecule has 0 spiro atoms. The molecule has 3 unspecified atom stereocenters. The Balaban J connectivity index is 1.63. The maximum absolute atomic E-state index is 14.8. The Morgan fingerprint density at radius 1 is 1.32 bits per heavy atom. The molecule has 1 aromatic carbocycles. The van der Waals surface area contributed by atoms with Gasteiger partial charge in [0.1, 0.15) is 17.2 Å². The minimum atomic E-state index is -0.890. The predicted octanol–water partition coefficient (Wildman–Crippen LogP) is 7.64. The second-order valence-electron chi connectivity index (χ2n) is 8.89. The number of amidine groups is 1. The number of halogens is 4. The summed E-state index contributed by atoms with van der Waals surface area (Å²) in [7, 11) is 0. The Hall–Kier alpha value is -2.17. The number of aromatic nitrogens is 1. The van der Waals surface area contributed by atoms with Crippen LogP contribution in [-0.4, -0.2) is 31.4 Å². The zero-order chi connectivity index (χ0) is 24.6. The molecule has 1 fully saturated rings. The van der Waals surface area contributed by atoms with Crippen LogP contribution in [0.5, 0.6) is 0 Å². The number of carbonyl (C=O) groups is 1. The van der Waals surface area contributed by atoms with E-state index in [2.05, 4.69) is 9.98 Å². The number of carbonyl (C=O) groups excluding carboxylic acids is 1. The molecule has 1 amide bonds. The summed E-state index contributed by atoms with van der Waals surface area (Å²) in [6.07, 6.45) is 2.43. The minimum Gasteiger partial charge on any atom is -0.443 e. The van der Waals surface area contributed by atoms with Crippen LogP contribution in [-0.2, 0) is 4.74 Å². The molecule has 0 N–H and O–H groups in total. The third kappa shape index (κ3) is 5.72. The molecule has 2 heterocycles. The molecule has 1 aliphatic carbocycles. The third-order valence-electron chi connectivity index (χ3n) is 5.10. The minimum absolute atomic E-state index is 0.0374. The van der Waals surface area contributed by atoms with Crippen LogP contribution < -0.4 is 0 Å². The summed E-state index contributed by atoms with van der Waals surface area (Å²) in [4.78, 5) is 20.9. The van der Waals surface area contributed by atoms with Gasteiger partial charge in [0.25, 0.3) is 0 Å². The lowest BCUT2D eigenvalue weighted by molar-refractivity contribution is 0.0473. The van der Waals surface area contributed by atoms with Gasteiger partial charge in [-0.25, -0.2) is 13.6 Å². The molecule has 1 aliphatic heterocycles. The van der Waals surface area contributed by atoms with E-state index in [0.29, 0.717) is 10.6 Å². The van der Waals surface area contributed by atoms with E-state index in [9.17, 15) is 17.5 Å². The lowest BCUT2D eigenvalue weighted by Gasteiger charge is -2.27. The summed E-state index contributed by atoms with van der Waals surface area (Å²) in [5.41, 5.74) is -0.0482. The lowest BCUT2D eigenvalue weighted by atomic mass is 9.99. The first-order valence-corrected chi connectivity index (χ1v) is 12.3. The topological polar surface area (TPSA) is 54.8 Å². The molecule has 1 saturated carbocycles. The molecular formula is C23H21ClF3N3O2S2. The summed E-state index contributed by atoms with van der Waals surface area (Å²) in [6, 6.07) is 6.54. The number of rotatable bonds is 4. The van der Waals surface area contributed by atoms with Crippen molar-refractivity contribution in [2.45, 2.75) is 44.1 Å². The normalized spacial score (nSPS) is 22.0. The van der Waals surface area contributed by atoms with Crippen LogP contribution >= 0.6 is 35.7 Å². The van der Waals surface area contributed by atoms with Gasteiger partial charge in [0.05, 0.1) is 16.8 Å². The number of thioether (sulfide) groups is 1. The Morgan fingerprint density at radius 2 is 2.09 bits per heavy atom. The molecular weight excluding hydrogens is 507 g/mol. The summed E-state index contributed by atoms with van der Waals surface area (Å²) < 4.78 is 49.2. The maximum Gasteiger partial charge on any atom is 0.428 e. The van der Waals surface area contributed by atoms with E-state index in [0.717, 1.165) is 10.7 Å². The molecule has 0 bridgehead atoms. The first-order chi connectivity index (χ1) is 16.1. The maximum atomic E-state index is 14.8. The molecule has 2 aromatic rings. The van der Waals surface area contributed by atoms with Crippen molar-refractivity contribution in [3.63, 3.8) is 0 Å². The average molecular weight is 528 g/mol. The van der Waals surface area contributed by atoms with Crippen molar-refractivity contribution in [3.05, 3.63) is 64.2 Å². The van der Waals surface area contributed by atoms with Crippen molar-refractivity contribution >= 4 is 58.9 Å². The van der Waals surface area contributed by atoms with Gasteiger partial charge in [-0.05, 0) is 69.0 Å². The largest absolute Gasteiger partial charge is 0.443 e. The van der Waals surface area contributed by atoms with Crippen LogP contribution in [0, 0.1) is 11.7 Å². The fourth-order valence-electron chi connectivity index (χ4n) is 3.49. The monoisotopic (exact) mass is 527 g/mol. The Labute approximate surface area is 209 Å². The van der Waals surface area contributed by atoms with Crippen molar-refractivity contribution in [1.29, 1.82) is 0 Å². The summed E-state index contributed by atoms with van der Waals surface area (Å²) in [5.74, 6) is -1.08. The van der Waals surface area contributed by atoms with Crippen LogP contribution in [0.25, 0.3) is 11.9 Å². The highest BCUT2D eigenvalue weighted by Gasteiger charge is 2.50. The number of hydrogen-bond acceptors (Lipinski definition) is 6. The van der Waals surface area contributed by atoms with Crippen LogP contribution in [0.3, 0.4) is 0 Å². The number of aliphatic imine (C=N–C) groups is 1. The second-order valence-corrected chi connectivity index (χ2v) is 11.0. The van der Waals surface area contributed by atoms with Gasteiger partial charge in [0, 0.05) is 17.0 Å².